The van der Waals surface area contributed by atoms with Gasteiger partial charge in [-0.15, -0.1) is 0 Å². The third-order valence-corrected chi connectivity index (χ3v) is 5.26. The molecule has 2 aliphatic rings. The maximum atomic E-state index is 13.1. The van der Waals surface area contributed by atoms with E-state index in [1.165, 1.54) is 24.3 Å². The van der Waals surface area contributed by atoms with Crippen LogP contribution in [0.1, 0.15) is 28.4 Å². The number of hydrogen-bond donors (Lipinski definition) is 3. The first-order chi connectivity index (χ1) is 13.6. The molecule has 4 rings (SSSR count). The van der Waals surface area contributed by atoms with Gasteiger partial charge < -0.3 is 25.4 Å². The van der Waals surface area contributed by atoms with Gasteiger partial charge in [0.2, 0.25) is 0 Å². The number of fused-ring (bicyclic) bond motifs is 1. The van der Waals surface area contributed by atoms with Gasteiger partial charge in [-0.05, 0) is 42.5 Å². The lowest BCUT2D eigenvalue weighted by molar-refractivity contribution is 0.0805. The summed E-state index contributed by atoms with van der Waals surface area (Å²) in [6, 6.07) is 10.7. The van der Waals surface area contributed by atoms with Crippen LogP contribution in [0.5, 0.6) is 5.75 Å². The number of rotatable bonds is 3. The molecule has 0 aromatic heterocycles. The number of aliphatic hydroxyl groups is 1. The number of amides is 1. The predicted molar refractivity (Wildman–Crippen MR) is 104 cm³/mol. The van der Waals surface area contributed by atoms with Crippen LogP contribution in [0.25, 0.3) is 0 Å². The molecule has 2 aliphatic heterocycles. The number of anilines is 1. The summed E-state index contributed by atoms with van der Waals surface area (Å²) in [5, 5.41) is 16.9. The standard InChI is InChI=1S/C21H24FN3O3/c22-15-3-1-14(2-4-15)21(27)24-20-17-13-16(25-10-8-23-9-11-25)5-6-19(17)28-12-7-18(20)26/h1-6,13,18,20,23,26H,7-12H2,(H,24,27)/t18-,20-/m1/s1. The van der Waals surface area contributed by atoms with Gasteiger partial charge in [0, 0.05) is 49.4 Å². The highest BCUT2D eigenvalue weighted by Crippen LogP contribution is 2.35. The highest BCUT2D eigenvalue weighted by molar-refractivity contribution is 5.94. The highest BCUT2D eigenvalue weighted by Gasteiger charge is 2.30. The van der Waals surface area contributed by atoms with Gasteiger partial charge in [-0.2, -0.15) is 0 Å². The molecule has 0 saturated carbocycles. The van der Waals surface area contributed by atoms with Gasteiger partial charge in [0.15, 0.2) is 0 Å². The maximum absolute atomic E-state index is 13.1. The van der Waals surface area contributed by atoms with E-state index in [1.54, 1.807) is 0 Å². The summed E-state index contributed by atoms with van der Waals surface area (Å²) >= 11 is 0. The number of piperazine rings is 1. The Morgan fingerprint density at radius 3 is 2.68 bits per heavy atom. The van der Waals surface area contributed by atoms with Gasteiger partial charge in [-0.3, -0.25) is 4.79 Å². The van der Waals surface area contributed by atoms with Gasteiger partial charge in [0.05, 0.1) is 18.8 Å². The van der Waals surface area contributed by atoms with Crippen molar-refractivity contribution in [3.63, 3.8) is 0 Å². The molecular formula is C21H24FN3O3. The Kier molecular flexibility index (Phi) is 5.45. The van der Waals surface area contributed by atoms with E-state index in [4.69, 9.17) is 4.74 Å². The van der Waals surface area contributed by atoms with Crippen molar-refractivity contribution in [3.8, 4) is 5.75 Å². The van der Waals surface area contributed by atoms with Crippen LogP contribution >= 0.6 is 0 Å². The van der Waals surface area contributed by atoms with Crippen LogP contribution in [-0.2, 0) is 0 Å². The summed E-state index contributed by atoms with van der Waals surface area (Å²) in [5.74, 6) is -0.0882. The number of nitrogens with zero attached hydrogens (tertiary/aromatic N) is 1. The quantitative estimate of drug-likeness (QED) is 0.752. The van der Waals surface area contributed by atoms with E-state index in [-0.39, 0.29) is 5.91 Å². The van der Waals surface area contributed by atoms with Crippen molar-refractivity contribution in [2.75, 3.05) is 37.7 Å². The van der Waals surface area contributed by atoms with E-state index in [0.29, 0.717) is 24.3 Å². The Hall–Kier alpha value is -2.64. The number of ether oxygens (including phenoxy) is 1. The number of carbonyl (C=O) groups is 1. The number of hydrogen-bond acceptors (Lipinski definition) is 5. The molecule has 148 valence electrons. The molecule has 2 aromatic carbocycles. The summed E-state index contributed by atoms with van der Waals surface area (Å²) in [5.41, 5.74) is 2.15. The molecule has 0 aliphatic carbocycles. The van der Waals surface area contributed by atoms with E-state index in [2.05, 4.69) is 15.5 Å². The lowest BCUT2D eigenvalue weighted by Gasteiger charge is -2.31. The van der Waals surface area contributed by atoms with Crippen LogP contribution < -0.4 is 20.3 Å². The van der Waals surface area contributed by atoms with Crippen LogP contribution in [0.3, 0.4) is 0 Å². The molecule has 7 heteroatoms. The van der Waals surface area contributed by atoms with Gasteiger partial charge in [0.1, 0.15) is 11.6 Å². The number of benzene rings is 2. The SMILES string of the molecule is O=C(N[C@@H]1c2cc(N3CCNCC3)ccc2OCC[C@H]1O)c1ccc(F)cc1. The minimum atomic E-state index is -0.774. The summed E-state index contributed by atoms with van der Waals surface area (Å²) in [4.78, 5) is 14.9. The minimum absolute atomic E-state index is 0.346. The zero-order valence-electron chi connectivity index (χ0n) is 15.5. The van der Waals surface area contributed by atoms with Crippen LogP contribution in [0, 0.1) is 5.82 Å². The second-order valence-corrected chi connectivity index (χ2v) is 7.12. The summed E-state index contributed by atoms with van der Waals surface area (Å²) < 4.78 is 18.9. The average Bonchev–Trinajstić information content (AvgIpc) is 2.87. The normalized spacial score (nSPS) is 22.0. The predicted octanol–water partition coefficient (Wildman–Crippen LogP) is 1.85. The van der Waals surface area contributed by atoms with Crippen molar-refractivity contribution < 1.29 is 19.0 Å². The number of nitrogens with one attached hydrogen (secondary N) is 2. The van der Waals surface area contributed by atoms with Gasteiger partial charge >= 0.3 is 0 Å². The molecular weight excluding hydrogens is 361 g/mol. The minimum Gasteiger partial charge on any atom is -0.493 e. The first-order valence-electron chi connectivity index (χ1n) is 9.59. The van der Waals surface area contributed by atoms with E-state index in [1.807, 2.05) is 18.2 Å². The Bertz CT molecular complexity index is 837. The Morgan fingerprint density at radius 1 is 1.18 bits per heavy atom. The maximum Gasteiger partial charge on any atom is 0.251 e. The third kappa shape index (κ3) is 3.95. The van der Waals surface area contributed by atoms with Crippen molar-refractivity contribution >= 4 is 11.6 Å². The van der Waals surface area contributed by atoms with Crippen LogP contribution in [0.15, 0.2) is 42.5 Å². The van der Waals surface area contributed by atoms with Crippen molar-refractivity contribution in [2.24, 2.45) is 0 Å². The molecule has 2 heterocycles. The zero-order valence-corrected chi connectivity index (χ0v) is 15.5. The summed E-state index contributed by atoms with van der Waals surface area (Å²) in [6.07, 6.45) is -0.365. The molecule has 1 saturated heterocycles. The van der Waals surface area contributed by atoms with E-state index in [9.17, 15) is 14.3 Å². The molecule has 1 fully saturated rings. The Labute approximate surface area is 163 Å². The topological polar surface area (TPSA) is 73.8 Å². The number of carbonyl (C=O) groups excluding carboxylic acids is 1. The van der Waals surface area contributed by atoms with E-state index < -0.39 is 18.0 Å². The van der Waals surface area contributed by atoms with Crippen LogP contribution in [-0.4, -0.2) is 49.9 Å². The van der Waals surface area contributed by atoms with E-state index >= 15 is 0 Å². The molecule has 0 spiro atoms. The molecule has 2 atom stereocenters. The second kappa shape index (κ2) is 8.16. The molecule has 0 unspecified atom stereocenters. The fraction of sp³-hybridized carbons (Fsp3) is 0.381. The van der Waals surface area contributed by atoms with Gasteiger partial charge in [-0.25, -0.2) is 4.39 Å². The van der Waals surface area contributed by atoms with Crippen LogP contribution in [0.2, 0.25) is 0 Å². The Morgan fingerprint density at radius 2 is 1.93 bits per heavy atom. The van der Waals surface area contributed by atoms with Crippen molar-refractivity contribution in [1.29, 1.82) is 0 Å². The molecule has 0 radical (unpaired) electrons. The Balaban J connectivity index is 1.62. The number of aliphatic hydroxyl groups excluding tert-OH is 1. The fourth-order valence-corrected chi connectivity index (χ4v) is 3.69. The molecule has 28 heavy (non-hydrogen) atoms. The van der Waals surface area contributed by atoms with Crippen molar-refractivity contribution in [3.05, 3.63) is 59.4 Å². The molecule has 6 nitrogen and oxygen atoms in total. The van der Waals surface area contributed by atoms with Gasteiger partial charge in [-0.1, -0.05) is 0 Å². The first-order valence-corrected chi connectivity index (χ1v) is 9.59. The molecule has 3 N–H and O–H groups in total. The monoisotopic (exact) mass is 385 g/mol. The van der Waals surface area contributed by atoms with E-state index in [0.717, 1.165) is 37.4 Å². The van der Waals surface area contributed by atoms with Crippen molar-refractivity contribution in [1.82, 2.24) is 10.6 Å². The second-order valence-electron chi connectivity index (χ2n) is 7.12. The summed E-state index contributed by atoms with van der Waals surface area (Å²) in [6.45, 7) is 4.01. The lowest BCUT2D eigenvalue weighted by atomic mass is 9.98. The molecule has 1 amide bonds. The largest absolute Gasteiger partial charge is 0.493 e. The summed E-state index contributed by atoms with van der Waals surface area (Å²) in [7, 11) is 0. The van der Waals surface area contributed by atoms with Crippen LogP contribution in [0.4, 0.5) is 10.1 Å². The van der Waals surface area contributed by atoms with Gasteiger partial charge in [0.25, 0.3) is 5.91 Å². The first kappa shape index (κ1) is 18.7. The highest BCUT2D eigenvalue weighted by atomic mass is 19.1. The average molecular weight is 385 g/mol. The number of halogens is 1. The zero-order chi connectivity index (χ0) is 19.5. The van der Waals surface area contributed by atoms with Crippen molar-refractivity contribution in [2.45, 2.75) is 18.6 Å². The third-order valence-electron chi connectivity index (χ3n) is 5.26. The molecule has 2 aromatic rings. The molecule has 0 bridgehead atoms. The fourth-order valence-electron chi connectivity index (χ4n) is 3.69. The lowest BCUT2D eigenvalue weighted by Crippen LogP contribution is -2.43. The smallest absolute Gasteiger partial charge is 0.251 e.